The van der Waals surface area contributed by atoms with Crippen molar-refractivity contribution in [1.29, 1.82) is 0 Å². The Bertz CT molecular complexity index is 494. The minimum absolute atomic E-state index is 0.166. The van der Waals surface area contributed by atoms with Crippen molar-refractivity contribution in [2.45, 2.75) is 52.6 Å². The van der Waals surface area contributed by atoms with Gasteiger partial charge in [-0.1, -0.05) is 0 Å². The lowest BCUT2D eigenvalue weighted by atomic mass is 9.86. The summed E-state index contributed by atoms with van der Waals surface area (Å²) in [5.74, 6) is 1.98. The van der Waals surface area contributed by atoms with Crippen molar-refractivity contribution in [2.24, 2.45) is 0 Å². The molecule has 1 aromatic carbocycles. The Kier molecular flexibility index (Phi) is 3.77. The molecule has 1 N–H and O–H groups in total. The van der Waals surface area contributed by atoms with E-state index in [4.69, 9.17) is 9.47 Å². The molecule has 0 radical (unpaired) electrons. The molecule has 0 saturated heterocycles. The van der Waals surface area contributed by atoms with Gasteiger partial charge < -0.3 is 14.6 Å². The second-order valence-corrected chi connectivity index (χ2v) is 5.74. The quantitative estimate of drug-likeness (QED) is 0.911. The van der Waals surface area contributed by atoms with Gasteiger partial charge in [-0.05, 0) is 57.2 Å². The molecule has 0 aliphatic carbocycles. The van der Waals surface area contributed by atoms with Crippen LogP contribution >= 0.6 is 0 Å². The molecular weight excluding hydrogens is 240 g/mol. The van der Waals surface area contributed by atoms with E-state index in [0.29, 0.717) is 6.42 Å². The van der Waals surface area contributed by atoms with Crippen molar-refractivity contribution in [3.8, 4) is 11.5 Å². The van der Waals surface area contributed by atoms with Crippen LogP contribution in [0, 0.1) is 20.8 Å². The molecule has 0 fully saturated rings. The van der Waals surface area contributed by atoms with Crippen molar-refractivity contribution in [1.82, 2.24) is 0 Å². The maximum absolute atomic E-state index is 9.19. The Morgan fingerprint density at radius 3 is 2.47 bits per heavy atom. The lowest BCUT2D eigenvalue weighted by Gasteiger charge is -2.37. The Labute approximate surface area is 115 Å². The van der Waals surface area contributed by atoms with E-state index in [2.05, 4.69) is 27.7 Å². The van der Waals surface area contributed by atoms with Crippen LogP contribution in [-0.2, 0) is 6.42 Å². The zero-order valence-electron chi connectivity index (χ0n) is 12.6. The first kappa shape index (κ1) is 14.2. The zero-order chi connectivity index (χ0) is 14.2. The van der Waals surface area contributed by atoms with E-state index >= 15 is 0 Å². The Hall–Kier alpha value is -1.22. The highest BCUT2D eigenvalue weighted by molar-refractivity contribution is 5.58. The molecule has 0 spiro atoms. The highest BCUT2D eigenvalue weighted by Crippen LogP contribution is 2.44. The van der Waals surface area contributed by atoms with E-state index in [0.717, 1.165) is 35.5 Å². The van der Waals surface area contributed by atoms with Gasteiger partial charge in [0.05, 0.1) is 7.11 Å². The highest BCUT2D eigenvalue weighted by atomic mass is 16.5. The molecule has 0 amide bonds. The van der Waals surface area contributed by atoms with Crippen molar-refractivity contribution < 1.29 is 14.6 Å². The third kappa shape index (κ3) is 2.32. The average Bonchev–Trinajstić information content (AvgIpc) is 2.37. The third-order valence-electron chi connectivity index (χ3n) is 4.41. The molecule has 0 unspecified atom stereocenters. The molecule has 3 heteroatoms. The Morgan fingerprint density at radius 1 is 1.21 bits per heavy atom. The summed E-state index contributed by atoms with van der Waals surface area (Å²) in [6, 6.07) is 0. The number of rotatable bonds is 3. The van der Waals surface area contributed by atoms with Gasteiger partial charge >= 0.3 is 0 Å². The molecule has 106 valence electrons. The van der Waals surface area contributed by atoms with Crippen molar-refractivity contribution in [3.05, 3.63) is 22.3 Å². The molecule has 1 atom stereocenters. The summed E-state index contributed by atoms with van der Waals surface area (Å²) in [5.41, 5.74) is 4.50. The third-order valence-corrected chi connectivity index (χ3v) is 4.41. The minimum atomic E-state index is -0.250. The largest absolute Gasteiger partial charge is 0.496 e. The van der Waals surface area contributed by atoms with Crippen LogP contribution in [0.25, 0.3) is 0 Å². The van der Waals surface area contributed by atoms with Crippen LogP contribution in [0.1, 0.15) is 42.0 Å². The van der Waals surface area contributed by atoms with Crippen molar-refractivity contribution >= 4 is 0 Å². The second kappa shape index (κ2) is 5.04. The first-order chi connectivity index (χ1) is 8.93. The molecule has 0 aromatic heterocycles. The number of aliphatic hydroxyl groups is 1. The fraction of sp³-hybridized carbons (Fsp3) is 0.625. The van der Waals surface area contributed by atoms with E-state index < -0.39 is 0 Å². The topological polar surface area (TPSA) is 38.7 Å². The summed E-state index contributed by atoms with van der Waals surface area (Å²) >= 11 is 0. The second-order valence-electron chi connectivity index (χ2n) is 5.74. The van der Waals surface area contributed by atoms with Gasteiger partial charge in [0.1, 0.15) is 17.1 Å². The zero-order valence-corrected chi connectivity index (χ0v) is 12.6. The standard InChI is InChI=1S/C16H24O3/c1-10-11(2)15-13(12(3)14(10)18-5)6-7-16(4,19-15)8-9-17/h17H,6-9H2,1-5H3/t16-/m1/s1. The van der Waals surface area contributed by atoms with Gasteiger partial charge in [0, 0.05) is 18.6 Å². The normalized spacial score (nSPS) is 21.8. The summed E-state index contributed by atoms with van der Waals surface area (Å²) in [4.78, 5) is 0. The number of ether oxygens (including phenoxy) is 2. The Balaban J connectivity index is 2.51. The maximum Gasteiger partial charge on any atom is 0.127 e. The number of hydrogen-bond acceptors (Lipinski definition) is 3. The van der Waals surface area contributed by atoms with Crippen LogP contribution in [-0.4, -0.2) is 24.4 Å². The van der Waals surface area contributed by atoms with Gasteiger partial charge in [-0.15, -0.1) is 0 Å². The molecule has 1 aliphatic rings. The van der Waals surface area contributed by atoms with Crippen LogP contribution in [0.4, 0.5) is 0 Å². The summed E-state index contributed by atoms with van der Waals surface area (Å²) in [6.07, 6.45) is 2.60. The number of hydrogen-bond donors (Lipinski definition) is 1. The van der Waals surface area contributed by atoms with Crippen LogP contribution in [0.5, 0.6) is 11.5 Å². The monoisotopic (exact) mass is 264 g/mol. The summed E-state index contributed by atoms with van der Waals surface area (Å²) in [6.45, 7) is 8.51. The van der Waals surface area contributed by atoms with Crippen LogP contribution in [0.2, 0.25) is 0 Å². The van der Waals surface area contributed by atoms with Crippen LogP contribution < -0.4 is 9.47 Å². The summed E-state index contributed by atoms with van der Waals surface area (Å²) < 4.78 is 11.8. The molecule has 3 nitrogen and oxygen atoms in total. The molecule has 1 aromatic rings. The lowest BCUT2D eigenvalue weighted by molar-refractivity contribution is 0.0378. The molecule has 2 rings (SSSR count). The highest BCUT2D eigenvalue weighted by Gasteiger charge is 2.34. The van der Waals surface area contributed by atoms with Gasteiger partial charge in [-0.2, -0.15) is 0 Å². The van der Waals surface area contributed by atoms with E-state index in [1.165, 1.54) is 11.1 Å². The van der Waals surface area contributed by atoms with Gasteiger partial charge in [-0.25, -0.2) is 0 Å². The van der Waals surface area contributed by atoms with Crippen molar-refractivity contribution in [3.63, 3.8) is 0 Å². The number of fused-ring (bicyclic) bond motifs is 1. The molecule has 19 heavy (non-hydrogen) atoms. The van der Waals surface area contributed by atoms with Crippen LogP contribution in [0.3, 0.4) is 0 Å². The Morgan fingerprint density at radius 2 is 1.89 bits per heavy atom. The first-order valence-electron chi connectivity index (χ1n) is 6.90. The van der Waals surface area contributed by atoms with Gasteiger partial charge in [0.2, 0.25) is 0 Å². The van der Waals surface area contributed by atoms with E-state index in [1.807, 2.05) is 0 Å². The fourth-order valence-electron chi connectivity index (χ4n) is 3.00. The van der Waals surface area contributed by atoms with E-state index in [1.54, 1.807) is 7.11 Å². The SMILES string of the molecule is COc1c(C)c(C)c2c(c1C)CC[C@](C)(CCO)O2. The van der Waals surface area contributed by atoms with Crippen molar-refractivity contribution in [2.75, 3.05) is 13.7 Å². The molecule has 1 heterocycles. The van der Waals surface area contributed by atoms with E-state index in [9.17, 15) is 5.11 Å². The van der Waals surface area contributed by atoms with Gasteiger partial charge in [-0.3, -0.25) is 0 Å². The first-order valence-corrected chi connectivity index (χ1v) is 6.90. The fourth-order valence-corrected chi connectivity index (χ4v) is 3.00. The number of benzene rings is 1. The summed E-state index contributed by atoms with van der Waals surface area (Å²) in [5, 5.41) is 9.19. The molecule has 1 aliphatic heterocycles. The lowest BCUT2D eigenvalue weighted by Crippen LogP contribution is -2.38. The molecule has 0 saturated carbocycles. The smallest absolute Gasteiger partial charge is 0.127 e. The van der Waals surface area contributed by atoms with Gasteiger partial charge in [0.15, 0.2) is 0 Å². The predicted octanol–water partition coefficient (Wildman–Crippen LogP) is 3.09. The number of methoxy groups -OCH3 is 1. The number of aliphatic hydroxyl groups excluding tert-OH is 1. The van der Waals surface area contributed by atoms with Gasteiger partial charge in [0.25, 0.3) is 0 Å². The van der Waals surface area contributed by atoms with Crippen LogP contribution in [0.15, 0.2) is 0 Å². The average molecular weight is 264 g/mol. The molecular formula is C16H24O3. The maximum atomic E-state index is 9.19. The van der Waals surface area contributed by atoms with E-state index in [-0.39, 0.29) is 12.2 Å². The predicted molar refractivity (Wildman–Crippen MR) is 76.3 cm³/mol. The molecule has 0 bridgehead atoms. The minimum Gasteiger partial charge on any atom is -0.496 e. The summed E-state index contributed by atoms with van der Waals surface area (Å²) in [7, 11) is 1.72.